The fourth-order valence-corrected chi connectivity index (χ4v) is 2.85. The van der Waals surface area contributed by atoms with Gasteiger partial charge in [-0.15, -0.1) is 0 Å². The van der Waals surface area contributed by atoms with Gasteiger partial charge in [-0.25, -0.2) is 9.37 Å². The molecule has 130 valence electrons. The van der Waals surface area contributed by atoms with E-state index in [1.807, 2.05) is 0 Å². The molecule has 3 rings (SSSR count). The van der Waals surface area contributed by atoms with Crippen LogP contribution in [0.3, 0.4) is 0 Å². The number of amides is 2. The second-order valence-electron chi connectivity index (χ2n) is 6.00. The summed E-state index contributed by atoms with van der Waals surface area (Å²) in [6.07, 6.45) is 4.54. The largest absolute Gasteiger partial charge is 0.344 e. The van der Waals surface area contributed by atoms with Crippen LogP contribution in [0.15, 0.2) is 36.7 Å². The second-order valence-corrected chi connectivity index (χ2v) is 6.00. The minimum Gasteiger partial charge on any atom is -0.344 e. The van der Waals surface area contributed by atoms with Gasteiger partial charge in [0.15, 0.2) is 0 Å². The average Bonchev–Trinajstić information content (AvgIpc) is 3.16. The number of rotatable bonds is 4. The van der Waals surface area contributed by atoms with Crippen molar-refractivity contribution < 1.29 is 14.0 Å². The predicted molar refractivity (Wildman–Crippen MR) is 89.5 cm³/mol. The second kappa shape index (κ2) is 7.38. The van der Waals surface area contributed by atoms with Crippen LogP contribution in [0.4, 0.5) is 4.39 Å². The lowest BCUT2D eigenvalue weighted by Crippen LogP contribution is -2.31. The first-order chi connectivity index (χ1) is 12.1. The van der Waals surface area contributed by atoms with Crippen LogP contribution >= 0.6 is 0 Å². The molecule has 1 aliphatic rings. The molecule has 0 spiro atoms. The molecule has 2 aromatic rings. The molecule has 1 atom stereocenters. The highest BCUT2D eigenvalue weighted by Gasteiger charge is 2.22. The van der Waals surface area contributed by atoms with Crippen molar-refractivity contribution >= 4 is 11.8 Å². The highest BCUT2D eigenvalue weighted by molar-refractivity contribution is 5.96. The summed E-state index contributed by atoms with van der Waals surface area (Å²) in [6.45, 7) is 3.11. The van der Waals surface area contributed by atoms with E-state index < -0.39 is 17.8 Å². The maximum atomic E-state index is 13.8. The summed E-state index contributed by atoms with van der Waals surface area (Å²) in [5.74, 6) is -1.11. The molecule has 1 N–H and O–H groups in total. The molecular formula is C18H19FN4O2. The third-order valence-electron chi connectivity index (χ3n) is 4.21. The molecule has 25 heavy (non-hydrogen) atoms. The first-order valence-electron chi connectivity index (χ1n) is 8.23. The fraction of sp³-hybridized carbons (Fsp3) is 0.333. The number of halogens is 1. The van der Waals surface area contributed by atoms with E-state index in [0.717, 1.165) is 32.1 Å². The summed E-state index contributed by atoms with van der Waals surface area (Å²) in [7, 11) is 0. The molecule has 2 aromatic heterocycles. The topological polar surface area (TPSA) is 75.2 Å². The molecule has 6 nitrogen and oxygen atoms in total. The van der Waals surface area contributed by atoms with Crippen LogP contribution < -0.4 is 5.32 Å². The van der Waals surface area contributed by atoms with E-state index in [-0.39, 0.29) is 17.3 Å². The molecule has 0 aromatic carbocycles. The number of nitrogens with one attached hydrogen (secondary N) is 1. The zero-order valence-electron chi connectivity index (χ0n) is 13.9. The maximum Gasteiger partial charge on any atom is 0.272 e. The minimum atomic E-state index is -0.546. The summed E-state index contributed by atoms with van der Waals surface area (Å²) in [5.41, 5.74) is 0.719. The van der Waals surface area contributed by atoms with Crippen molar-refractivity contribution in [1.82, 2.24) is 20.2 Å². The molecule has 1 saturated heterocycles. The van der Waals surface area contributed by atoms with E-state index in [1.54, 1.807) is 24.0 Å². The van der Waals surface area contributed by atoms with Gasteiger partial charge in [-0.05, 0) is 38.0 Å². The van der Waals surface area contributed by atoms with Crippen LogP contribution in [0.2, 0.25) is 0 Å². The Balaban J connectivity index is 1.73. The monoisotopic (exact) mass is 342 g/mol. The normalized spacial score (nSPS) is 15.0. The molecule has 0 bridgehead atoms. The Bertz CT molecular complexity index is 790. The van der Waals surface area contributed by atoms with E-state index in [9.17, 15) is 14.0 Å². The van der Waals surface area contributed by atoms with Gasteiger partial charge >= 0.3 is 0 Å². The highest BCUT2D eigenvalue weighted by Crippen LogP contribution is 2.16. The van der Waals surface area contributed by atoms with Gasteiger partial charge in [0.1, 0.15) is 17.2 Å². The number of nitrogens with zero attached hydrogens (tertiary/aromatic N) is 3. The molecule has 1 unspecified atom stereocenters. The van der Waals surface area contributed by atoms with E-state index in [0.29, 0.717) is 5.56 Å². The van der Waals surface area contributed by atoms with Crippen LogP contribution in [-0.2, 0) is 0 Å². The van der Waals surface area contributed by atoms with E-state index in [4.69, 9.17) is 0 Å². The third-order valence-corrected chi connectivity index (χ3v) is 4.21. The van der Waals surface area contributed by atoms with Gasteiger partial charge in [0, 0.05) is 24.8 Å². The molecule has 3 heterocycles. The Labute approximate surface area is 145 Å². The minimum absolute atomic E-state index is 0.131. The van der Waals surface area contributed by atoms with Gasteiger partial charge in [-0.1, -0.05) is 6.07 Å². The lowest BCUT2D eigenvalue weighted by Gasteiger charge is -2.16. The summed E-state index contributed by atoms with van der Waals surface area (Å²) < 4.78 is 13.8. The number of carbonyl (C=O) groups is 2. The van der Waals surface area contributed by atoms with Crippen LogP contribution in [-0.4, -0.2) is 39.8 Å². The van der Waals surface area contributed by atoms with E-state index in [1.165, 1.54) is 18.3 Å². The summed E-state index contributed by atoms with van der Waals surface area (Å²) in [5, 5.41) is 2.69. The van der Waals surface area contributed by atoms with Crippen LogP contribution in [0.5, 0.6) is 0 Å². The quantitative estimate of drug-likeness (QED) is 0.925. The Morgan fingerprint density at radius 3 is 2.64 bits per heavy atom. The van der Waals surface area contributed by atoms with Crippen LogP contribution in [0, 0.1) is 5.82 Å². The summed E-state index contributed by atoms with van der Waals surface area (Å²) in [4.78, 5) is 34.4. The number of pyridine rings is 2. The van der Waals surface area contributed by atoms with Crippen molar-refractivity contribution in [3.8, 4) is 0 Å². The fourth-order valence-electron chi connectivity index (χ4n) is 2.85. The van der Waals surface area contributed by atoms with Gasteiger partial charge in [0.2, 0.25) is 0 Å². The predicted octanol–water partition coefficient (Wildman–Crippen LogP) is 2.34. The highest BCUT2D eigenvalue weighted by atomic mass is 19.1. The number of carbonyl (C=O) groups excluding carboxylic acids is 2. The first-order valence-corrected chi connectivity index (χ1v) is 8.23. The van der Waals surface area contributed by atoms with Gasteiger partial charge in [0.25, 0.3) is 11.8 Å². The van der Waals surface area contributed by atoms with Crippen molar-refractivity contribution in [2.24, 2.45) is 0 Å². The number of hydrogen-bond donors (Lipinski definition) is 1. The maximum absolute atomic E-state index is 13.8. The van der Waals surface area contributed by atoms with Crippen molar-refractivity contribution in [2.45, 2.75) is 25.8 Å². The van der Waals surface area contributed by atoms with Crippen molar-refractivity contribution in [2.75, 3.05) is 13.1 Å². The zero-order chi connectivity index (χ0) is 17.8. The zero-order valence-corrected chi connectivity index (χ0v) is 13.9. The standard InChI is InChI=1S/C18H19FN4O2/c1-12(13-7-8-20-11-14(13)19)21-17(24)15-5-4-6-16(22-15)18(25)23-9-2-3-10-23/h4-8,11-12H,2-3,9-10H2,1H3,(H,21,24). The van der Waals surface area contributed by atoms with Crippen molar-refractivity contribution in [3.63, 3.8) is 0 Å². The number of aromatic nitrogens is 2. The molecule has 0 radical (unpaired) electrons. The van der Waals surface area contributed by atoms with Gasteiger partial charge < -0.3 is 10.2 Å². The van der Waals surface area contributed by atoms with E-state index in [2.05, 4.69) is 15.3 Å². The van der Waals surface area contributed by atoms with Gasteiger partial charge in [-0.2, -0.15) is 0 Å². The van der Waals surface area contributed by atoms with Gasteiger partial charge in [0.05, 0.1) is 12.2 Å². The lowest BCUT2D eigenvalue weighted by atomic mass is 10.1. The number of likely N-dealkylation sites (tertiary alicyclic amines) is 1. The van der Waals surface area contributed by atoms with Crippen molar-refractivity contribution in [1.29, 1.82) is 0 Å². The molecule has 0 aliphatic carbocycles. The van der Waals surface area contributed by atoms with Gasteiger partial charge in [-0.3, -0.25) is 14.6 Å². The van der Waals surface area contributed by atoms with E-state index >= 15 is 0 Å². The first kappa shape index (κ1) is 17.0. The Kier molecular flexibility index (Phi) is 5.02. The molecular weight excluding hydrogens is 323 g/mol. The molecule has 1 fully saturated rings. The average molecular weight is 342 g/mol. The summed E-state index contributed by atoms with van der Waals surface area (Å²) >= 11 is 0. The molecule has 7 heteroatoms. The number of hydrogen-bond acceptors (Lipinski definition) is 4. The Morgan fingerprint density at radius 1 is 1.20 bits per heavy atom. The van der Waals surface area contributed by atoms with Crippen molar-refractivity contribution in [3.05, 3.63) is 59.4 Å². The third kappa shape index (κ3) is 3.81. The lowest BCUT2D eigenvalue weighted by molar-refractivity contribution is 0.0787. The Morgan fingerprint density at radius 2 is 1.92 bits per heavy atom. The molecule has 0 saturated carbocycles. The van der Waals surface area contributed by atoms with Crippen LogP contribution in [0.25, 0.3) is 0 Å². The summed E-state index contributed by atoms with van der Waals surface area (Å²) in [6, 6.07) is 5.73. The van der Waals surface area contributed by atoms with Crippen LogP contribution in [0.1, 0.15) is 52.3 Å². The Hall–Kier alpha value is -2.83. The molecule has 1 aliphatic heterocycles. The SMILES string of the molecule is CC(NC(=O)c1cccc(C(=O)N2CCCC2)n1)c1ccncc1F. The molecule has 2 amide bonds. The smallest absolute Gasteiger partial charge is 0.272 e.